The lowest BCUT2D eigenvalue weighted by atomic mass is 9.90. The smallest absolute Gasteiger partial charge is 0.268 e. The van der Waals surface area contributed by atoms with Crippen LogP contribution in [0.25, 0.3) is 5.65 Å². The van der Waals surface area contributed by atoms with Crippen molar-refractivity contribution in [1.29, 1.82) is 0 Å². The Kier molecular flexibility index (Phi) is 6.24. The van der Waals surface area contributed by atoms with E-state index in [1.54, 1.807) is 16.7 Å². The summed E-state index contributed by atoms with van der Waals surface area (Å²) in [4.78, 5) is 28.7. The molecule has 0 saturated carbocycles. The minimum atomic E-state index is -0.137. The maximum absolute atomic E-state index is 12.9. The average Bonchev–Trinajstić information content (AvgIpc) is 3.06. The van der Waals surface area contributed by atoms with Crippen LogP contribution in [0.15, 0.2) is 54.7 Å². The van der Waals surface area contributed by atoms with E-state index in [4.69, 9.17) is 0 Å². The molecule has 3 rings (SSSR count). The van der Waals surface area contributed by atoms with Gasteiger partial charge in [0.25, 0.3) is 5.91 Å². The van der Waals surface area contributed by atoms with Crippen LogP contribution in [0.5, 0.6) is 0 Å². The molecule has 0 bridgehead atoms. The molecule has 146 valence electrons. The van der Waals surface area contributed by atoms with Crippen LogP contribution in [0.3, 0.4) is 0 Å². The van der Waals surface area contributed by atoms with Gasteiger partial charge in [0.15, 0.2) is 0 Å². The molecule has 2 aromatic heterocycles. The van der Waals surface area contributed by atoms with Crippen molar-refractivity contribution in [2.75, 3.05) is 6.54 Å². The second kappa shape index (κ2) is 8.83. The van der Waals surface area contributed by atoms with Gasteiger partial charge in [0.1, 0.15) is 17.1 Å². The normalized spacial score (nSPS) is 12.3. The molecule has 2 heterocycles. The molecule has 5 heteroatoms. The van der Waals surface area contributed by atoms with Crippen LogP contribution in [0.4, 0.5) is 0 Å². The van der Waals surface area contributed by atoms with Crippen molar-refractivity contribution in [2.45, 2.75) is 39.5 Å². The number of pyridine rings is 1. The van der Waals surface area contributed by atoms with Crippen LogP contribution < -0.4 is 5.32 Å². The summed E-state index contributed by atoms with van der Waals surface area (Å²) in [5, 5.41) is 3.09. The van der Waals surface area contributed by atoms with Gasteiger partial charge in [-0.1, -0.05) is 50.2 Å². The zero-order valence-corrected chi connectivity index (χ0v) is 16.7. The number of Topliss-reactive ketones (excluding diaryl/α,β-unsaturated/α-hetero) is 1. The van der Waals surface area contributed by atoms with Crippen LogP contribution in [-0.4, -0.2) is 27.6 Å². The van der Waals surface area contributed by atoms with Crippen molar-refractivity contribution in [3.8, 4) is 0 Å². The molecule has 3 aromatic rings. The van der Waals surface area contributed by atoms with Gasteiger partial charge < -0.3 is 5.32 Å². The zero-order valence-electron chi connectivity index (χ0n) is 16.7. The first-order valence-electron chi connectivity index (χ1n) is 9.73. The van der Waals surface area contributed by atoms with E-state index in [-0.39, 0.29) is 24.0 Å². The van der Waals surface area contributed by atoms with E-state index in [0.29, 0.717) is 29.5 Å². The summed E-state index contributed by atoms with van der Waals surface area (Å²) < 4.78 is 1.76. The number of rotatable bonds is 8. The molecule has 0 fully saturated rings. The lowest BCUT2D eigenvalue weighted by molar-refractivity contribution is -0.116. The van der Waals surface area contributed by atoms with Crippen LogP contribution in [0.2, 0.25) is 0 Å². The molecular weight excluding hydrogens is 350 g/mol. The largest absolute Gasteiger partial charge is 0.350 e. The minimum Gasteiger partial charge on any atom is -0.350 e. The van der Waals surface area contributed by atoms with Crippen molar-refractivity contribution in [1.82, 2.24) is 14.7 Å². The number of nitrogens with zero attached hydrogens (tertiary/aromatic N) is 2. The fraction of sp³-hybridized carbons (Fsp3) is 0.348. The summed E-state index contributed by atoms with van der Waals surface area (Å²) in [6.45, 7) is 6.50. The number of ketones is 1. The molecule has 0 saturated heterocycles. The van der Waals surface area contributed by atoms with Crippen molar-refractivity contribution >= 4 is 17.3 Å². The number of aromatic nitrogens is 2. The predicted molar refractivity (Wildman–Crippen MR) is 111 cm³/mol. The third-order valence-electron chi connectivity index (χ3n) is 4.74. The molecule has 0 spiro atoms. The van der Waals surface area contributed by atoms with Gasteiger partial charge in [0.05, 0.1) is 5.69 Å². The van der Waals surface area contributed by atoms with Crippen LogP contribution in [0.1, 0.15) is 54.9 Å². The van der Waals surface area contributed by atoms with Crippen LogP contribution in [-0.2, 0) is 11.2 Å². The lowest BCUT2D eigenvalue weighted by Crippen LogP contribution is -2.30. The minimum absolute atomic E-state index is 0.0498. The van der Waals surface area contributed by atoms with E-state index < -0.39 is 0 Å². The van der Waals surface area contributed by atoms with Crippen LogP contribution in [0, 0.1) is 5.92 Å². The number of carbonyl (C=O) groups excluding carboxylic acids is 2. The maximum Gasteiger partial charge on any atom is 0.268 e. The zero-order chi connectivity index (χ0) is 20.1. The van der Waals surface area contributed by atoms with Crippen molar-refractivity contribution < 1.29 is 9.59 Å². The molecule has 0 radical (unpaired) electrons. The summed E-state index contributed by atoms with van der Waals surface area (Å²) in [6.07, 6.45) is 3.05. The van der Waals surface area contributed by atoms with Crippen molar-refractivity contribution in [3.63, 3.8) is 0 Å². The number of nitrogens with one attached hydrogen (secondary N) is 1. The van der Waals surface area contributed by atoms with Gasteiger partial charge in [0, 0.05) is 25.1 Å². The van der Waals surface area contributed by atoms with Gasteiger partial charge in [0.2, 0.25) is 0 Å². The topological polar surface area (TPSA) is 63.5 Å². The first kappa shape index (κ1) is 19.8. The van der Waals surface area contributed by atoms with Gasteiger partial charge in [-0.2, -0.15) is 0 Å². The second-order valence-electron chi connectivity index (χ2n) is 7.70. The van der Waals surface area contributed by atoms with E-state index in [1.807, 2.05) is 30.3 Å². The first-order valence-corrected chi connectivity index (χ1v) is 9.73. The molecule has 28 heavy (non-hydrogen) atoms. The van der Waals surface area contributed by atoms with Gasteiger partial charge in [-0.15, -0.1) is 0 Å². The van der Waals surface area contributed by atoms with Crippen LogP contribution >= 0.6 is 0 Å². The lowest BCUT2D eigenvalue weighted by Gasteiger charge is -2.20. The number of hydrogen-bond donors (Lipinski definition) is 1. The predicted octanol–water partition coefficient (Wildman–Crippen LogP) is 4.03. The first-order chi connectivity index (χ1) is 13.4. The Balaban J connectivity index is 1.78. The molecule has 1 unspecified atom stereocenters. The van der Waals surface area contributed by atoms with E-state index in [0.717, 1.165) is 6.42 Å². The van der Waals surface area contributed by atoms with Gasteiger partial charge in [-0.25, -0.2) is 4.98 Å². The fourth-order valence-corrected chi connectivity index (χ4v) is 3.52. The standard InChI is InChI=1S/C23H27N3O2/c1-16(2)12-19(18-8-5-4-6-9-18)14-24-23(28)21-10-7-11-22-25-20(13-17(3)27)15-26(21)22/h4-11,15-16,19H,12-14H2,1-3H3,(H,24,28). The molecule has 5 nitrogen and oxygen atoms in total. The summed E-state index contributed by atoms with van der Waals surface area (Å²) in [6, 6.07) is 15.7. The average molecular weight is 377 g/mol. The van der Waals surface area contributed by atoms with E-state index in [9.17, 15) is 9.59 Å². The quantitative estimate of drug-likeness (QED) is 0.645. The highest BCUT2D eigenvalue weighted by Crippen LogP contribution is 2.23. The number of carbonyl (C=O) groups is 2. The number of hydrogen-bond acceptors (Lipinski definition) is 3. The molecular formula is C23H27N3O2. The summed E-state index contributed by atoms with van der Waals surface area (Å²) in [5.41, 5.74) is 3.11. The number of benzene rings is 1. The highest BCUT2D eigenvalue weighted by Gasteiger charge is 2.17. The number of fused-ring (bicyclic) bond motifs is 1. The Labute approximate surface area is 165 Å². The highest BCUT2D eigenvalue weighted by molar-refractivity contribution is 5.93. The summed E-state index contributed by atoms with van der Waals surface area (Å²) in [5.74, 6) is 0.713. The highest BCUT2D eigenvalue weighted by atomic mass is 16.2. The van der Waals surface area contributed by atoms with Crippen molar-refractivity contribution in [2.24, 2.45) is 5.92 Å². The third-order valence-corrected chi connectivity index (χ3v) is 4.74. The molecule has 1 aromatic carbocycles. The molecule has 1 N–H and O–H groups in total. The molecule has 0 aliphatic heterocycles. The van der Waals surface area contributed by atoms with Gasteiger partial charge >= 0.3 is 0 Å². The number of amides is 1. The molecule has 0 aliphatic carbocycles. The third kappa shape index (κ3) is 4.85. The summed E-state index contributed by atoms with van der Waals surface area (Å²) >= 11 is 0. The summed E-state index contributed by atoms with van der Waals surface area (Å²) in [7, 11) is 0. The van der Waals surface area contributed by atoms with E-state index in [1.165, 1.54) is 12.5 Å². The molecule has 1 amide bonds. The molecule has 0 aliphatic rings. The Morgan fingerprint density at radius 1 is 1.07 bits per heavy atom. The monoisotopic (exact) mass is 377 g/mol. The van der Waals surface area contributed by atoms with Gasteiger partial charge in [-0.3, -0.25) is 14.0 Å². The second-order valence-corrected chi connectivity index (χ2v) is 7.70. The molecule has 1 atom stereocenters. The fourth-order valence-electron chi connectivity index (χ4n) is 3.52. The van der Waals surface area contributed by atoms with Crippen molar-refractivity contribution in [3.05, 3.63) is 71.7 Å². The Morgan fingerprint density at radius 3 is 2.50 bits per heavy atom. The maximum atomic E-state index is 12.9. The van der Waals surface area contributed by atoms with E-state index >= 15 is 0 Å². The van der Waals surface area contributed by atoms with E-state index in [2.05, 4.69) is 36.3 Å². The van der Waals surface area contributed by atoms with Gasteiger partial charge in [-0.05, 0) is 37.0 Å². The Hall–Kier alpha value is -2.95. The Morgan fingerprint density at radius 2 is 1.82 bits per heavy atom. The number of imidazole rings is 1. The SMILES string of the molecule is CC(=O)Cc1cn2c(C(=O)NCC(CC(C)C)c3ccccc3)cccc2n1. The Bertz CT molecular complexity index is 960.